The van der Waals surface area contributed by atoms with Crippen molar-refractivity contribution in [2.24, 2.45) is 46.3 Å². The Morgan fingerprint density at radius 3 is 2.30 bits per heavy atom. The smallest absolute Gasteiger partial charge is 0.306 e. The molecule has 0 saturated heterocycles. The van der Waals surface area contributed by atoms with Crippen LogP contribution in [0.5, 0.6) is 0 Å². The molecule has 8 atom stereocenters. The van der Waals surface area contributed by atoms with Gasteiger partial charge in [-0.1, -0.05) is 129 Å². The summed E-state index contributed by atoms with van der Waals surface area (Å²) in [6.45, 7) is 14.9. The number of fused-ring (bicyclic) bond motifs is 5. The monoisotopic (exact) mass is 649 g/mol. The van der Waals surface area contributed by atoms with Gasteiger partial charge in [0.2, 0.25) is 0 Å². The largest absolute Gasteiger partial charge is 0.462 e. The fourth-order valence-corrected chi connectivity index (χ4v) is 11.1. The lowest BCUT2D eigenvalue weighted by Crippen LogP contribution is -2.51. The first-order valence-electron chi connectivity index (χ1n) is 20.9. The van der Waals surface area contributed by atoms with Crippen LogP contribution >= 0.6 is 0 Å². The summed E-state index contributed by atoms with van der Waals surface area (Å²) in [5, 5.41) is 0. The second-order valence-corrected chi connectivity index (χ2v) is 17.6. The van der Waals surface area contributed by atoms with Gasteiger partial charge in [-0.05, 0) is 130 Å². The quantitative estimate of drug-likeness (QED) is 0.0746. The van der Waals surface area contributed by atoms with E-state index in [1.54, 1.807) is 5.57 Å². The zero-order valence-corrected chi connectivity index (χ0v) is 32.0. The number of rotatable bonds is 20. The third kappa shape index (κ3) is 10.6. The summed E-state index contributed by atoms with van der Waals surface area (Å²) < 4.78 is 6.12. The van der Waals surface area contributed by atoms with Crippen LogP contribution in [0.1, 0.15) is 189 Å². The van der Waals surface area contributed by atoms with Crippen molar-refractivity contribution in [2.75, 3.05) is 0 Å². The number of ether oxygens (including phenoxy) is 1. The molecule has 0 amide bonds. The minimum Gasteiger partial charge on any atom is -0.462 e. The highest BCUT2D eigenvalue weighted by molar-refractivity contribution is 5.69. The van der Waals surface area contributed by atoms with Gasteiger partial charge in [-0.15, -0.1) is 0 Å². The zero-order chi connectivity index (χ0) is 33.7. The molecule has 0 aromatic rings. The number of hydrogen-bond acceptors (Lipinski definition) is 2. The topological polar surface area (TPSA) is 26.3 Å². The van der Waals surface area contributed by atoms with Crippen molar-refractivity contribution in [1.29, 1.82) is 0 Å². The van der Waals surface area contributed by atoms with E-state index in [2.05, 4.69) is 71.9 Å². The number of hydrogen-bond donors (Lipinski definition) is 0. The molecule has 3 fully saturated rings. The Balaban J connectivity index is 1.13. The van der Waals surface area contributed by atoms with E-state index < -0.39 is 0 Å². The van der Waals surface area contributed by atoms with E-state index >= 15 is 0 Å². The molecule has 0 aliphatic heterocycles. The van der Waals surface area contributed by atoms with E-state index in [4.69, 9.17) is 4.74 Å². The van der Waals surface area contributed by atoms with Crippen LogP contribution in [0.15, 0.2) is 36.0 Å². The van der Waals surface area contributed by atoms with Gasteiger partial charge in [-0.3, -0.25) is 4.79 Å². The summed E-state index contributed by atoms with van der Waals surface area (Å²) in [7, 11) is 0. The van der Waals surface area contributed by atoms with Crippen molar-refractivity contribution >= 4 is 5.97 Å². The van der Waals surface area contributed by atoms with Gasteiger partial charge in [0, 0.05) is 12.8 Å². The van der Waals surface area contributed by atoms with E-state index in [1.807, 2.05) is 0 Å². The van der Waals surface area contributed by atoms with Gasteiger partial charge >= 0.3 is 5.97 Å². The van der Waals surface area contributed by atoms with Crippen LogP contribution < -0.4 is 0 Å². The SMILES string of the molecule is CCCCC/C=C/C/C=C/CCCCCCCC(=O)O[C@H]1CC[C@@]2(C)C(=CC[C@@H]3[C@H]4CC[C@@H]([C@@H](C)CCCC(C)C)[C@]4(C)CC[C@H]32)C1. The maximum Gasteiger partial charge on any atom is 0.306 e. The number of esters is 1. The Hall–Kier alpha value is -1.31. The molecule has 268 valence electrons. The van der Waals surface area contributed by atoms with Crippen LogP contribution in [0.4, 0.5) is 0 Å². The third-order valence-corrected chi connectivity index (χ3v) is 13.9. The van der Waals surface area contributed by atoms with E-state index in [0.717, 1.165) is 67.6 Å². The molecule has 3 saturated carbocycles. The van der Waals surface area contributed by atoms with Gasteiger partial charge in [0.15, 0.2) is 0 Å². The number of carbonyl (C=O) groups excluding carboxylic acids is 1. The van der Waals surface area contributed by atoms with Gasteiger partial charge in [0.05, 0.1) is 0 Å². The van der Waals surface area contributed by atoms with Crippen molar-refractivity contribution in [3.63, 3.8) is 0 Å². The molecular formula is C45H76O2. The molecule has 2 nitrogen and oxygen atoms in total. The molecule has 0 spiro atoms. The summed E-state index contributed by atoms with van der Waals surface area (Å²) in [4.78, 5) is 12.8. The fourth-order valence-electron chi connectivity index (χ4n) is 11.1. The van der Waals surface area contributed by atoms with Crippen LogP contribution in [-0.4, -0.2) is 12.1 Å². The molecular weight excluding hydrogens is 572 g/mol. The Labute approximate surface area is 292 Å². The summed E-state index contributed by atoms with van der Waals surface area (Å²) in [6, 6.07) is 0. The normalized spacial score (nSPS) is 32.7. The highest BCUT2D eigenvalue weighted by Crippen LogP contribution is 2.67. The Morgan fingerprint density at radius 1 is 0.830 bits per heavy atom. The molecule has 47 heavy (non-hydrogen) atoms. The summed E-state index contributed by atoms with van der Waals surface area (Å²) >= 11 is 0. The van der Waals surface area contributed by atoms with Crippen molar-refractivity contribution in [3.05, 3.63) is 36.0 Å². The second-order valence-electron chi connectivity index (χ2n) is 17.6. The van der Waals surface area contributed by atoms with Gasteiger partial charge in [-0.25, -0.2) is 0 Å². The van der Waals surface area contributed by atoms with Crippen LogP contribution in [0.2, 0.25) is 0 Å². The Bertz CT molecular complexity index is 1020. The van der Waals surface area contributed by atoms with Crippen LogP contribution in [-0.2, 0) is 9.53 Å². The fraction of sp³-hybridized carbons (Fsp3) is 0.844. The highest BCUT2D eigenvalue weighted by Gasteiger charge is 2.59. The lowest BCUT2D eigenvalue weighted by molar-refractivity contribution is -0.151. The first-order valence-corrected chi connectivity index (χ1v) is 20.9. The van der Waals surface area contributed by atoms with Gasteiger partial charge in [0.25, 0.3) is 0 Å². The predicted molar refractivity (Wildman–Crippen MR) is 202 cm³/mol. The maximum atomic E-state index is 12.8. The molecule has 0 aromatic carbocycles. The van der Waals surface area contributed by atoms with Gasteiger partial charge in [0.1, 0.15) is 6.10 Å². The predicted octanol–water partition coefficient (Wildman–Crippen LogP) is 13.8. The van der Waals surface area contributed by atoms with E-state index in [9.17, 15) is 4.79 Å². The van der Waals surface area contributed by atoms with Crippen molar-refractivity contribution in [2.45, 2.75) is 195 Å². The molecule has 0 unspecified atom stereocenters. The summed E-state index contributed by atoms with van der Waals surface area (Å²) in [5.74, 6) is 5.30. The average Bonchev–Trinajstić information content (AvgIpc) is 3.40. The maximum absolute atomic E-state index is 12.8. The number of carbonyl (C=O) groups is 1. The van der Waals surface area contributed by atoms with Crippen LogP contribution in [0, 0.1) is 46.3 Å². The molecule has 4 aliphatic rings. The first-order chi connectivity index (χ1) is 22.7. The number of unbranched alkanes of at least 4 members (excludes halogenated alkanes) is 8. The molecule has 0 heterocycles. The van der Waals surface area contributed by atoms with Crippen LogP contribution in [0.3, 0.4) is 0 Å². The zero-order valence-electron chi connectivity index (χ0n) is 32.0. The first kappa shape index (κ1) is 38.5. The standard InChI is InChI=1S/C45H76O2/c1-7-8-9-10-11-12-13-14-15-16-17-18-19-20-21-25-43(46)47-38-30-32-44(5)37(34-38)26-27-39-41-29-28-40(36(4)24-22-23-35(2)3)45(41,6)33-31-42(39)44/h11-12,14-15,26,35-36,38-42H,7-10,13,16-25,27-34H2,1-6H3/b12-11+,15-14+/t36-,38-,39+,40-,41+,42+,44-,45-/m0/s1. The molecule has 0 N–H and O–H groups in total. The van der Waals surface area contributed by atoms with E-state index in [-0.39, 0.29) is 12.1 Å². The minimum atomic E-state index is 0.0477. The van der Waals surface area contributed by atoms with Crippen molar-refractivity contribution in [3.8, 4) is 0 Å². The summed E-state index contributed by atoms with van der Waals surface area (Å²) in [6.07, 6.45) is 40.5. The Kier molecular flexibility index (Phi) is 15.7. The van der Waals surface area contributed by atoms with E-state index in [0.29, 0.717) is 17.3 Å². The second kappa shape index (κ2) is 19.2. The Morgan fingerprint density at radius 2 is 1.55 bits per heavy atom. The molecule has 0 radical (unpaired) electrons. The lowest BCUT2D eigenvalue weighted by Gasteiger charge is -2.58. The van der Waals surface area contributed by atoms with Crippen molar-refractivity contribution < 1.29 is 9.53 Å². The van der Waals surface area contributed by atoms with Gasteiger partial charge in [-0.2, -0.15) is 0 Å². The molecule has 2 heteroatoms. The van der Waals surface area contributed by atoms with Crippen LogP contribution in [0.25, 0.3) is 0 Å². The van der Waals surface area contributed by atoms with E-state index in [1.165, 1.54) is 109 Å². The highest BCUT2D eigenvalue weighted by atomic mass is 16.5. The number of allylic oxidation sites excluding steroid dienone is 5. The molecule has 0 aromatic heterocycles. The summed E-state index contributed by atoms with van der Waals surface area (Å²) in [5.41, 5.74) is 2.52. The molecule has 4 aliphatic carbocycles. The van der Waals surface area contributed by atoms with Gasteiger partial charge < -0.3 is 4.74 Å². The van der Waals surface area contributed by atoms with Crippen molar-refractivity contribution in [1.82, 2.24) is 0 Å². The minimum absolute atomic E-state index is 0.0477. The third-order valence-electron chi connectivity index (χ3n) is 13.9. The lowest BCUT2D eigenvalue weighted by atomic mass is 9.47. The molecule has 0 bridgehead atoms. The average molecular weight is 649 g/mol. The molecule has 4 rings (SSSR count).